The van der Waals surface area contributed by atoms with Gasteiger partial charge in [-0.3, -0.25) is 4.79 Å². The summed E-state index contributed by atoms with van der Waals surface area (Å²) in [6.45, 7) is 4.92. The second-order valence-corrected chi connectivity index (χ2v) is 7.19. The van der Waals surface area contributed by atoms with Crippen molar-refractivity contribution in [1.29, 1.82) is 0 Å². The van der Waals surface area contributed by atoms with Gasteiger partial charge in [-0.15, -0.1) is 0 Å². The van der Waals surface area contributed by atoms with Gasteiger partial charge < -0.3 is 16.0 Å². The van der Waals surface area contributed by atoms with Crippen molar-refractivity contribution in [2.24, 2.45) is 11.7 Å². The van der Waals surface area contributed by atoms with Crippen molar-refractivity contribution in [2.45, 2.75) is 38.8 Å². The summed E-state index contributed by atoms with van der Waals surface area (Å²) >= 11 is 0. The Balaban J connectivity index is 1.46. The Morgan fingerprint density at radius 1 is 1.23 bits per heavy atom. The predicted octanol–water partition coefficient (Wildman–Crippen LogP) is 3.02. The van der Waals surface area contributed by atoms with E-state index in [9.17, 15) is 4.79 Å². The molecule has 26 heavy (non-hydrogen) atoms. The molecule has 138 valence electrons. The second-order valence-electron chi connectivity index (χ2n) is 7.19. The summed E-state index contributed by atoms with van der Waals surface area (Å²) in [4.78, 5) is 19.0. The van der Waals surface area contributed by atoms with Gasteiger partial charge in [-0.1, -0.05) is 43.3 Å². The third-order valence-electron chi connectivity index (χ3n) is 5.04. The first-order valence-electron chi connectivity index (χ1n) is 9.39. The molecule has 3 rings (SSSR count). The molecule has 1 aliphatic rings. The molecule has 0 aliphatic carbocycles. The Hall–Kier alpha value is -2.40. The maximum atomic E-state index is 12.1. The molecule has 0 radical (unpaired) electrons. The molecule has 2 aromatic rings. The molecule has 0 bridgehead atoms. The first kappa shape index (κ1) is 18.4. The molecule has 5 heteroatoms. The summed E-state index contributed by atoms with van der Waals surface area (Å²) in [5, 5.41) is 2.93. The van der Waals surface area contributed by atoms with E-state index >= 15 is 0 Å². The van der Waals surface area contributed by atoms with Gasteiger partial charge in [0.1, 0.15) is 5.82 Å². The number of anilines is 1. The van der Waals surface area contributed by atoms with Crippen LogP contribution in [-0.2, 0) is 11.3 Å². The largest absolute Gasteiger partial charge is 0.357 e. The number of hydrogen-bond acceptors (Lipinski definition) is 4. The van der Waals surface area contributed by atoms with Gasteiger partial charge in [0.25, 0.3) is 0 Å². The molecule has 2 heterocycles. The molecule has 1 fully saturated rings. The Kier molecular flexibility index (Phi) is 6.23. The minimum atomic E-state index is -0.279. The summed E-state index contributed by atoms with van der Waals surface area (Å²) in [6, 6.07) is 13.5. The van der Waals surface area contributed by atoms with Crippen molar-refractivity contribution < 1.29 is 4.79 Å². The van der Waals surface area contributed by atoms with Crippen LogP contribution in [0.2, 0.25) is 0 Å². The maximum Gasteiger partial charge on any atom is 0.222 e. The van der Waals surface area contributed by atoms with Crippen LogP contribution in [0.15, 0.2) is 48.7 Å². The standard InChI is InChI=1S/C21H28N4O/c1-16-9-11-25(12-10-16)20-8-7-17(14-23-20)15-24-21(26)13-19(22)18-5-3-2-4-6-18/h2-8,14,16,19H,9-13,15,22H2,1H3,(H,24,26). The molecule has 1 saturated heterocycles. The van der Waals surface area contributed by atoms with E-state index in [1.165, 1.54) is 12.8 Å². The van der Waals surface area contributed by atoms with E-state index in [1.54, 1.807) is 0 Å². The molecule has 1 atom stereocenters. The highest BCUT2D eigenvalue weighted by Crippen LogP contribution is 2.21. The third kappa shape index (κ3) is 5.05. The van der Waals surface area contributed by atoms with Crippen LogP contribution in [0.3, 0.4) is 0 Å². The van der Waals surface area contributed by atoms with Gasteiger partial charge in [0.2, 0.25) is 5.91 Å². The molecule has 1 unspecified atom stereocenters. The number of piperidine rings is 1. The van der Waals surface area contributed by atoms with E-state index in [0.717, 1.165) is 36.0 Å². The van der Waals surface area contributed by atoms with Gasteiger partial charge in [0, 0.05) is 38.3 Å². The summed E-state index contributed by atoms with van der Waals surface area (Å²) in [5.41, 5.74) is 8.08. The Morgan fingerprint density at radius 3 is 2.62 bits per heavy atom. The molecule has 3 N–H and O–H groups in total. The average molecular weight is 352 g/mol. The summed E-state index contributed by atoms with van der Waals surface area (Å²) in [7, 11) is 0. The molecular weight excluding hydrogens is 324 g/mol. The van der Waals surface area contributed by atoms with Crippen molar-refractivity contribution in [3.63, 3.8) is 0 Å². The number of nitrogens with zero attached hydrogens (tertiary/aromatic N) is 2. The van der Waals surface area contributed by atoms with E-state index in [0.29, 0.717) is 6.54 Å². The number of pyridine rings is 1. The number of hydrogen-bond donors (Lipinski definition) is 2. The molecule has 0 spiro atoms. The molecule has 1 amide bonds. The van der Waals surface area contributed by atoms with Gasteiger partial charge in [-0.2, -0.15) is 0 Å². The van der Waals surface area contributed by atoms with Crippen molar-refractivity contribution in [3.05, 3.63) is 59.8 Å². The van der Waals surface area contributed by atoms with Gasteiger partial charge in [0.05, 0.1) is 0 Å². The van der Waals surface area contributed by atoms with Crippen molar-refractivity contribution in [2.75, 3.05) is 18.0 Å². The number of aromatic nitrogens is 1. The van der Waals surface area contributed by atoms with Crippen LogP contribution in [0.1, 0.15) is 43.4 Å². The Morgan fingerprint density at radius 2 is 1.96 bits per heavy atom. The van der Waals surface area contributed by atoms with Crippen molar-refractivity contribution in [1.82, 2.24) is 10.3 Å². The molecule has 5 nitrogen and oxygen atoms in total. The minimum Gasteiger partial charge on any atom is -0.357 e. The zero-order valence-electron chi connectivity index (χ0n) is 15.4. The maximum absolute atomic E-state index is 12.1. The van der Waals surface area contributed by atoms with Crippen molar-refractivity contribution >= 4 is 11.7 Å². The molecule has 1 aromatic heterocycles. The van der Waals surface area contributed by atoms with Crippen LogP contribution in [0, 0.1) is 5.92 Å². The Labute approximate surface area is 155 Å². The first-order chi connectivity index (χ1) is 12.6. The summed E-state index contributed by atoms with van der Waals surface area (Å²) < 4.78 is 0. The SMILES string of the molecule is CC1CCN(c2ccc(CNC(=O)CC(N)c3ccccc3)cn2)CC1. The third-order valence-corrected chi connectivity index (χ3v) is 5.04. The smallest absolute Gasteiger partial charge is 0.222 e. The lowest BCUT2D eigenvalue weighted by Gasteiger charge is -2.31. The number of rotatable bonds is 6. The fourth-order valence-electron chi connectivity index (χ4n) is 3.24. The predicted molar refractivity (Wildman–Crippen MR) is 105 cm³/mol. The zero-order valence-corrected chi connectivity index (χ0v) is 15.4. The summed E-state index contributed by atoms with van der Waals surface area (Å²) in [6.07, 6.45) is 4.58. The quantitative estimate of drug-likeness (QED) is 0.838. The van der Waals surface area contributed by atoms with Gasteiger partial charge in [-0.05, 0) is 36.0 Å². The van der Waals surface area contributed by atoms with Crippen LogP contribution < -0.4 is 16.0 Å². The van der Waals surface area contributed by atoms with Crippen molar-refractivity contribution in [3.8, 4) is 0 Å². The van der Waals surface area contributed by atoms with Crippen LogP contribution in [0.4, 0.5) is 5.82 Å². The fourth-order valence-corrected chi connectivity index (χ4v) is 3.24. The topological polar surface area (TPSA) is 71.2 Å². The number of carbonyl (C=O) groups is 1. The zero-order chi connectivity index (χ0) is 18.4. The highest BCUT2D eigenvalue weighted by Gasteiger charge is 2.17. The molecular formula is C21H28N4O. The monoisotopic (exact) mass is 352 g/mol. The minimum absolute atomic E-state index is 0.0459. The second kappa shape index (κ2) is 8.81. The lowest BCUT2D eigenvalue weighted by Crippen LogP contribution is -2.33. The van der Waals surface area contributed by atoms with Crippen LogP contribution >= 0.6 is 0 Å². The fraction of sp³-hybridized carbons (Fsp3) is 0.429. The van der Waals surface area contributed by atoms with Gasteiger partial charge >= 0.3 is 0 Å². The van der Waals surface area contributed by atoms with Gasteiger partial charge in [-0.25, -0.2) is 4.98 Å². The van der Waals surface area contributed by atoms with Crippen LogP contribution in [0.25, 0.3) is 0 Å². The normalized spacial score (nSPS) is 16.3. The Bertz CT molecular complexity index is 694. The molecule has 0 saturated carbocycles. The lowest BCUT2D eigenvalue weighted by molar-refractivity contribution is -0.121. The number of carbonyl (C=O) groups excluding carboxylic acids is 1. The van der Waals surface area contributed by atoms with E-state index in [4.69, 9.17) is 5.73 Å². The average Bonchev–Trinajstić information content (AvgIpc) is 2.68. The van der Waals surface area contributed by atoms with Gasteiger partial charge in [0.15, 0.2) is 0 Å². The number of amides is 1. The number of benzene rings is 1. The van der Waals surface area contributed by atoms with E-state index in [2.05, 4.69) is 22.1 Å². The number of nitrogens with one attached hydrogen (secondary N) is 1. The van der Waals surface area contributed by atoms with E-state index in [1.807, 2.05) is 48.7 Å². The molecule has 1 aliphatic heterocycles. The lowest BCUT2D eigenvalue weighted by atomic mass is 9.99. The highest BCUT2D eigenvalue weighted by atomic mass is 16.1. The van der Waals surface area contributed by atoms with E-state index < -0.39 is 0 Å². The highest BCUT2D eigenvalue weighted by molar-refractivity contribution is 5.76. The number of nitrogens with two attached hydrogens (primary N) is 1. The van der Waals surface area contributed by atoms with Crippen LogP contribution in [-0.4, -0.2) is 24.0 Å². The molecule has 1 aromatic carbocycles. The van der Waals surface area contributed by atoms with Crippen LogP contribution in [0.5, 0.6) is 0 Å². The van der Waals surface area contributed by atoms with E-state index in [-0.39, 0.29) is 18.4 Å². The first-order valence-corrected chi connectivity index (χ1v) is 9.39. The summed E-state index contributed by atoms with van der Waals surface area (Å²) in [5.74, 6) is 1.79.